The van der Waals surface area contributed by atoms with E-state index in [-0.39, 0.29) is 24.8 Å². The smallest absolute Gasteiger partial charge is 0.303 e. The molecular weight excluding hydrogens is 753 g/mol. The molecular formula is C47H62N2O10. The van der Waals surface area contributed by atoms with Gasteiger partial charge in [-0.1, -0.05) is 119 Å². The van der Waals surface area contributed by atoms with Gasteiger partial charge in [0.1, 0.15) is 18.8 Å². The Morgan fingerprint density at radius 1 is 0.610 bits per heavy atom. The third-order valence-corrected chi connectivity index (χ3v) is 11.1. The van der Waals surface area contributed by atoms with Crippen LogP contribution < -0.4 is 10.6 Å². The van der Waals surface area contributed by atoms with Crippen molar-refractivity contribution in [1.29, 1.82) is 0 Å². The molecule has 12 nitrogen and oxygen atoms in total. The van der Waals surface area contributed by atoms with Crippen LogP contribution in [0.1, 0.15) is 123 Å². The van der Waals surface area contributed by atoms with Crippen molar-refractivity contribution in [3.63, 3.8) is 0 Å². The maximum Gasteiger partial charge on any atom is 0.303 e. The van der Waals surface area contributed by atoms with E-state index >= 15 is 0 Å². The molecule has 3 N–H and O–H groups in total. The molecule has 0 saturated carbocycles. The summed E-state index contributed by atoms with van der Waals surface area (Å²) in [6.07, 6.45) is 8.95. The number of carbonyl (C=O) groups is 5. The van der Waals surface area contributed by atoms with Crippen LogP contribution in [-0.4, -0.2) is 78.6 Å². The molecule has 1 aliphatic heterocycles. The van der Waals surface area contributed by atoms with Gasteiger partial charge in [0, 0.05) is 40.2 Å². The highest BCUT2D eigenvalue weighted by Crippen LogP contribution is 2.36. The first kappa shape index (κ1) is 45.3. The first-order valence-electron chi connectivity index (χ1n) is 21.5. The maximum absolute atomic E-state index is 12.8. The molecule has 4 aromatic rings. The van der Waals surface area contributed by atoms with Crippen molar-refractivity contribution in [3.05, 3.63) is 60.2 Å². The average Bonchev–Trinajstić information content (AvgIpc) is 3.20. The molecule has 1 aliphatic rings. The van der Waals surface area contributed by atoms with Gasteiger partial charge in [-0.15, -0.1) is 0 Å². The van der Waals surface area contributed by atoms with Crippen LogP contribution in [0.3, 0.4) is 0 Å². The van der Waals surface area contributed by atoms with Gasteiger partial charge in [0.05, 0.1) is 0 Å². The van der Waals surface area contributed by atoms with Gasteiger partial charge >= 0.3 is 17.9 Å². The summed E-state index contributed by atoms with van der Waals surface area (Å²) in [6.45, 7) is 3.89. The van der Waals surface area contributed by atoms with Gasteiger partial charge < -0.3 is 34.7 Å². The lowest BCUT2D eigenvalue weighted by Crippen LogP contribution is -2.65. The molecule has 4 aromatic carbocycles. The van der Waals surface area contributed by atoms with Crippen LogP contribution in [0.25, 0.3) is 32.3 Å². The zero-order valence-electron chi connectivity index (χ0n) is 34.9. The molecule has 0 bridgehead atoms. The standard InChI is InChI=1S/C47H62N2O10/c1-31(50)56-30-39-44(55)45(57-32(2)51)46(58-33(3)52)47(59-39)49-41(54)21-14-12-10-8-6-4-5-7-9-11-13-15-29-48-40(53)22-17-18-34-23-24-37-26-25-35-19-16-20-36-27-28-38(34)43(37)42(35)36/h16,19-20,23-28,39,44-47,55H,4-15,17-18,21-22,29-30H2,1-3H3,(H,48,53)(H,49,54)/t39-,44-,45+,46-,47-/m1/s1. The van der Waals surface area contributed by atoms with Crippen LogP contribution >= 0.6 is 0 Å². The number of hydrogen-bond donors (Lipinski definition) is 3. The molecule has 59 heavy (non-hydrogen) atoms. The maximum atomic E-state index is 12.8. The Balaban J connectivity index is 0.863. The number of hydrogen-bond acceptors (Lipinski definition) is 10. The second-order valence-electron chi connectivity index (χ2n) is 15.9. The minimum atomic E-state index is -1.47. The molecule has 0 radical (unpaired) electrons. The molecule has 1 saturated heterocycles. The summed E-state index contributed by atoms with van der Waals surface area (Å²) in [4.78, 5) is 60.3. The fourth-order valence-corrected chi connectivity index (χ4v) is 8.21. The van der Waals surface area contributed by atoms with Crippen molar-refractivity contribution in [2.75, 3.05) is 13.2 Å². The number of nitrogens with one attached hydrogen (secondary N) is 2. The van der Waals surface area contributed by atoms with Gasteiger partial charge in [0.2, 0.25) is 11.8 Å². The first-order valence-corrected chi connectivity index (χ1v) is 21.5. The number of benzene rings is 4. The minimum absolute atomic E-state index is 0.138. The van der Waals surface area contributed by atoms with Gasteiger partial charge in [-0.25, -0.2) is 0 Å². The Labute approximate surface area is 347 Å². The molecule has 1 fully saturated rings. The number of aliphatic hydroxyl groups excluding tert-OH is 1. The number of ether oxygens (including phenoxy) is 4. The lowest BCUT2D eigenvalue weighted by Gasteiger charge is -2.43. The highest BCUT2D eigenvalue weighted by molar-refractivity contribution is 6.23. The summed E-state index contributed by atoms with van der Waals surface area (Å²) < 4.78 is 21.3. The summed E-state index contributed by atoms with van der Waals surface area (Å²) in [5, 5.41) is 24.3. The van der Waals surface area contributed by atoms with Gasteiger partial charge in [-0.3, -0.25) is 24.0 Å². The molecule has 0 spiro atoms. The van der Waals surface area contributed by atoms with Crippen molar-refractivity contribution in [3.8, 4) is 0 Å². The van der Waals surface area contributed by atoms with E-state index in [0.717, 1.165) is 71.8 Å². The molecule has 0 aliphatic carbocycles. The Morgan fingerprint density at radius 2 is 1.15 bits per heavy atom. The highest BCUT2D eigenvalue weighted by Gasteiger charge is 2.50. The summed E-state index contributed by atoms with van der Waals surface area (Å²) in [5.41, 5.74) is 1.31. The van der Waals surface area contributed by atoms with Crippen LogP contribution in [0.15, 0.2) is 54.6 Å². The molecule has 0 unspecified atom stereocenters. The Morgan fingerprint density at radius 3 is 1.78 bits per heavy atom. The van der Waals surface area contributed by atoms with E-state index in [0.29, 0.717) is 12.8 Å². The van der Waals surface area contributed by atoms with E-state index < -0.39 is 48.6 Å². The summed E-state index contributed by atoms with van der Waals surface area (Å²) in [6, 6.07) is 19.8. The second-order valence-corrected chi connectivity index (χ2v) is 15.9. The van der Waals surface area contributed by atoms with E-state index in [1.165, 1.54) is 76.9 Å². The molecule has 5 atom stereocenters. The van der Waals surface area contributed by atoms with Gasteiger partial charge in [-0.05, 0) is 63.6 Å². The lowest BCUT2D eigenvalue weighted by atomic mass is 9.90. The summed E-state index contributed by atoms with van der Waals surface area (Å²) >= 11 is 0. The van der Waals surface area contributed by atoms with Crippen LogP contribution in [0.4, 0.5) is 0 Å². The predicted octanol–water partition coefficient (Wildman–Crippen LogP) is 7.72. The highest BCUT2D eigenvalue weighted by atomic mass is 16.6. The van der Waals surface area contributed by atoms with Crippen molar-refractivity contribution in [2.24, 2.45) is 0 Å². The predicted molar refractivity (Wildman–Crippen MR) is 227 cm³/mol. The molecule has 2 amide bonds. The molecule has 0 aromatic heterocycles. The largest absolute Gasteiger partial charge is 0.463 e. The van der Waals surface area contributed by atoms with E-state index in [1.54, 1.807) is 0 Å². The molecule has 320 valence electrons. The van der Waals surface area contributed by atoms with Crippen LogP contribution in [-0.2, 0) is 49.3 Å². The first-order chi connectivity index (χ1) is 28.5. The normalized spacial score (nSPS) is 19.2. The van der Waals surface area contributed by atoms with E-state index in [2.05, 4.69) is 65.2 Å². The van der Waals surface area contributed by atoms with Crippen LogP contribution in [0, 0.1) is 0 Å². The average molecular weight is 815 g/mol. The second kappa shape index (κ2) is 23.1. The van der Waals surface area contributed by atoms with Crippen molar-refractivity contribution in [2.45, 2.75) is 154 Å². The number of rotatable bonds is 24. The number of aryl methyl sites for hydroxylation is 1. The van der Waals surface area contributed by atoms with Gasteiger partial charge in [0.25, 0.3) is 0 Å². The minimum Gasteiger partial charge on any atom is -0.463 e. The third-order valence-electron chi connectivity index (χ3n) is 11.1. The molecule has 12 heteroatoms. The SMILES string of the molecule is CC(=O)OC[C@H]1O[C@@H](NC(=O)CCCCCCCCCCCCCCNC(=O)CCCc2ccc3ccc4cccc5ccc2c3c45)[C@H](OC(C)=O)[C@@H](OC(C)=O)[C@@H]1O. The number of aliphatic hydroxyl groups is 1. The fourth-order valence-electron chi connectivity index (χ4n) is 8.21. The quantitative estimate of drug-likeness (QED) is 0.0276. The summed E-state index contributed by atoms with van der Waals surface area (Å²) in [7, 11) is 0. The fraction of sp³-hybridized carbons (Fsp3) is 0.553. The zero-order valence-corrected chi connectivity index (χ0v) is 34.9. The number of unbranched alkanes of at least 4 members (excludes halogenated alkanes) is 11. The molecule has 1 heterocycles. The van der Waals surface area contributed by atoms with Crippen molar-refractivity contribution >= 4 is 62.0 Å². The van der Waals surface area contributed by atoms with Crippen molar-refractivity contribution < 1.29 is 48.0 Å². The van der Waals surface area contributed by atoms with Crippen LogP contribution in [0.5, 0.6) is 0 Å². The lowest BCUT2D eigenvalue weighted by molar-refractivity contribution is -0.251. The number of esters is 3. The van der Waals surface area contributed by atoms with E-state index in [4.69, 9.17) is 18.9 Å². The van der Waals surface area contributed by atoms with Crippen LogP contribution in [0.2, 0.25) is 0 Å². The zero-order chi connectivity index (χ0) is 42.1. The Bertz CT molecular complexity index is 1980. The Hall–Kier alpha value is -4.81. The number of amides is 2. The van der Waals surface area contributed by atoms with Gasteiger partial charge in [0.15, 0.2) is 18.4 Å². The summed E-state index contributed by atoms with van der Waals surface area (Å²) in [5.74, 6) is -2.24. The third kappa shape index (κ3) is 13.6. The van der Waals surface area contributed by atoms with Gasteiger partial charge in [-0.2, -0.15) is 0 Å². The Kier molecular flexibility index (Phi) is 17.7. The topological polar surface area (TPSA) is 167 Å². The molecule has 5 rings (SSSR count). The number of carbonyl (C=O) groups excluding carboxylic acids is 5. The van der Waals surface area contributed by atoms with E-state index in [9.17, 15) is 29.1 Å². The monoisotopic (exact) mass is 814 g/mol. The van der Waals surface area contributed by atoms with E-state index in [1.807, 2.05) is 0 Å². The van der Waals surface area contributed by atoms with Crippen molar-refractivity contribution in [1.82, 2.24) is 10.6 Å².